The third-order valence-corrected chi connectivity index (χ3v) is 10.6. The molecule has 1 saturated carbocycles. The molecule has 3 fully saturated rings. The predicted molar refractivity (Wildman–Crippen MR) is 160 cm³/mol. The van der Waals surface area contributed by atoms with Crippen LogP contribution in [0.2, 0.25) is 0 Å². The standard InChI is InChI=1S/C23H25BFN9O8P2S/c1-9-10-4-38-43(24,36)41-19-12(40-23(13(19)25)34-8-32-15-20(27)29-6-30-22(15)34)5-39-44(37,45)42-18(10)17(35)16(9)33-7-31-14-11(26)2-3-28-21(14)33/h2-3,6-8,10,12-13,16-19,23,35H,1,4-5H2,(H2,26,28)(H,37,45)(H2,27,29,30)/t10-,12+,13?,16+,17+,18?,19-,23+,43?,44?/m0/s1. The summed E-state index contributed by atoms with van der Waals surface area (Å²) in [6.07, 6.45) is -3.72. The number of aliphatic hydroxyl groups is 1. The quantitative estimate of drug-likeness (QED) is 0.132. The Balaban J connectivity index is 1.19. The number of hydrogen-bond acceptors (Lipinski definition) is 15. The van der Waals surface area contributed by atoms with Gasteiger partial charge in [-0.2, -0.15) is 0 Å². The molecule has 236 valence electrons. The highest BCUT2D eigenvalue weighted by Gasteiger charge is 2.53. The van der Waals surface area contributed by atoms with Crippen LogP contribution in [0.1, 0.15) is 12.3 Å². The molecule has 10 atom stereocenters. The Labute approximate surface area is 259 Å². The minimum Gasteiger partial charge on any atom is -0.397 e. The van der Waals surface area contributed by atoms with Crippen molar-refractivity contribution in [1.29, 1.82) is 0 Å². The van der Waals surface area contributed by atoms with Crippen LogP contribution in [0.15, 0.2) is 43.4 Å². The zero-order chi connectivity index (χ0) is 31.8. The number of aromatic nitrogens is 7. The summed E-state index contributed by atoms with van der Waals surface area (Å²) in [5, 5.41) is 11.5. The summed E-state index contributed by atoms with van der Waals surface area (Å²) in [6.45, 7) is -1.11. The molecule has 0 spiro atoms. The molecule has 4 aromatic heterocycles. The molecule has 2 radical (unpaired) electrons. The number of pyridine rings is 1. The van der Waals surface area contributed by atoms with E-state index in [1.165, 1.54) is 34.3 Å². The lowest BCUT2D eigenvalue weighted by Crippen LogP contribution is -2.36. The number of rotatable bonds is 2. The van der Waals surface area contributed by atoms with E-state index in [0.29, 0.717) is 22.4 Å². The average molecular weight is 679 g/mol. The molecule has 45 heavy (non-hydrogen) atoms. The van der Waals surface area contributed by atoms with Crippen molar-refractivity contribution in [2.24, 2.45) is 5.92 Å². The summed E-state index contributed by atoms with van der Waals surface area (Å²) in [6, 6.07) is 0.662. The van der Waals surface area contributed by atoms with Gasteiger partial charge in [0.25, 0.3) is 7.47 Å². The van der Waals surface area contributed by atoms with Crippen LogP contribution in [-0.2, 0) is 39.2 Å². The van der Waals surface area contributed by atoms with Gasteiger partial charge in [0.1, 0.15) is 41.8 Å². The first-order valence-electron chi connectivity index (χ1n) is 13.4. The van der Waals surface area contributed by atoms with Crippen molar-refractivity contribution >= 4 is 67.4 Å². The van der Waals surface area contributed by atoms with Gasteiger partial charge in [-0.1, -0.05) is 6.58 Å². The number of imidazole rings is 2. The second-order valence-corrected chi connectivity index (χ2v) is 15.0. The maximum absolute atomic E-state index is 16.0. The van der Waals surface area contributed by atoms with E-state index in [1.54, 1.807) is 6.07 Å². The summed E-state index contributed by atoms with van der Waals surface area (Å²) >= 11 is 5.27. The summed E-state index contributed by atoms with van der Waals surface area (Å²) < 4.78 is 60.5. The van der Waals surface area contributed by atoms with E-state index in [-0.39, 0.29) is 17.0 Å². The molecular weight excluding hydrogens is 654 g/mol. The largest absolute Gasteiger partial charge is 0.397 e. The molecule has 1 aliphatic carbocycles. The van der Waals surface area contributed by atoms with E-state index in [0.717, 1.165) is 0 Å². The van der Waals surface area contributed by atoms with Crippen LogP contribution < -0.4 is 11.5 Å². The SMILES string of the molecule is [B]P1(=O)OC[C@H]2C(=C)[C@@H](n3cnc4c(N)ccnc43)[C@@H](O)C2OP(O)(=S)OC[C@H]2O[C@@H](n3cnc4c(N)ncnc43)C(F)[C@H]2O1. The minimum atomic E-state index is -4.51. The van der Waals surface area contributed by atoms with Crippen LogP contribution in [0, 0.1) is 5.92 Å². The number of hydrogen-bond donors (Lipinski definition) is 4. The summed E-state index contributed by atoms with van der Waals surface area (Å²) in [7, 11) is 1.43. The van der Waals surface area contributed by atoms with E-state index >= 15 is 4.39 Å². The number of fused-ring (bicyclic) bond motifs is 4. The van der Waals surface area contributed by atoms with E-state index in [9.17, 15) is 14.6 Å². The highest BCUT2D eigenvalue weighted by atomic mass is 32.5. The highest BCUT2D eigenvalue weighted by Crippen LogP contribution is 2.56. The number of nitrogens with two attached hydrogens (primary N) is 2. The first-order chi connectivity index (χ1) is 21.3. The molecule has 0 bridgehead atoms. The van der Waals surface area contributed by atoms with Crippen molar-refractivity contribution < 1.29 is 41.8 Å². The fraction of sp³-hybridized carbons (Fsp3) is 0.435. The molecule has 6 N–H and O–H groups in total. The fourth-order valence-electron chi connectivity index (χ4n) is 5.88. The molecule has 3 aliphatic rings. The van der Waals surface area contributed by atoms with Gasteiger partial charge >= 0.3 is 6.72 Å². The Morgan fingerprint density at radius 1 is 1.04 bits per heavy atom. The topological polar surface area (TPSA) is 230 Å². The lowest BCUT2D eigenvalue weighted by atomic mass is 10.0. The lowest BCUT2D eigenvalue weighted by Gasteiger charge is -2.31. The first kappa shape index (κ1) is 30.7. The summed E-state index contributed by atoms with van der Waals surface area (Å²) in [5.41, 5.74) is 13.7. The monoisotopic (exact) mass is 679 g/mol. The Morgan fingerprint density at radius 2 is 1.78 bits per heavy atom. The van der Waals surface area contributed by atoms with Crippen molar-refractivity contribution in [2.45, 2.75) is 42.9 Å². The van der Waals surface area contributed by atoms with Gasteiger partial charge in [-0.25, -0.2) is 29.3 Å². The predicted octanol–water partition coefficient (Wildman–Crippen LogP) is 1.07. The Morgan fingerprint density at radius 3 is 2.58 bits per heavy atom. The van der Waals surface area contributed by atoms with Crippen molar-refractivity contribution in [3.05, 3.63) is 43.4 Å². The normalized spacial score (nSPS) is 37.7. The summed E-state index contributed by atoms with van der Waals surface area (Å²) in [4.78, 5) is 31.8. The number of aliphatic hydroxyl groups excluding tert-OH is 1. The van der Waals surface area contributed by atoms with Gasteiger partial charge in [0.2, 0.25) is 7.57 Å². The van der Waals surface area contributed by atoms with Crippen LogP contribution in [0.4, 0.5) is 15.9 Å². The number of anilines is 2. The Bertz CT molecular complexity index is 1910. The molecule has 4 aromatic rings. The van der Waals surface area contributed by atoms with Gasteiger partial charge in [-0.05, 0) is 23.4 Å². The van der Waals surface area contributed by atoms with Crippen LogP contribution in [0.5, 0.6) is 0 Å². The van der Waals surface area contributed by atoms with E-state index in [2.05, 4.69) is 31.5 Å². The molecule has 2 saturated heterocycles. The molecule has 6 heterocycles. The van der Waals surface area contributed by atoms with E-state index in [1.807, 2.05) is 0 Å². The van der Waals surface area contributed by atoms with Gasteiger partial charge < -0.3 is 48.9 Å². The Hall–Kier alpha value is -2.90. The van der Waals surface area contributed by atoms with Gasteiger partial charge in [0.05, 0.1) is 37.6 Å². The van der Waals surface area contributed by atoms with Crippen LogP contribution in [-0.4, -0.2) is 95.4 Å². The molecule has 4 unspecified atom stereocenters. The van der Waals surface area contributed by atoms with Crippen molar-refractivity contribution in [3.63, 3.8) is 0 Å². The molecule has 2 aliphatic heterocycles. The lowest BCUT2D eigenvalue weighted by molar-refractivity contribution is -0.0500. The molecule has 22 heteroatoms. The van der Waals surface area contributed by atoms with E-state index in [4.69, 9.17) is 53.7 Å². The number of halogens is 1. The second-order valence-electron chi connectivity index (χ2n) is 10.7. The molecular formula is C23H25BFN9O8P2S. The molecule has 7 rings (SSSR count). The third-order valence-electron chi connectivity index (χ3n) is 7.99. The molecule has 17 nitrogen and oxygen atoms in total. The van der Waals surface area contributed by atoms with Crippen LogP contribution >= 0.6 is 14.2 Å². The molecule has 0 amide bonds. The van der Waals surface area contributed by atoms with Gasteiger partial charge in [-0.15, -0.1) is 0 Å². The number of alkyl halides is 1. The average Bonchev–Trinajstić information content (AvgIpc) is 3.72. The van der Waals surface area contributed by atoms with Gasteiger partial charge in [-0.3, -0.25) is 9.13 Å². The first-order valence-corrected chi connectivity index (χ1v) is 17.6. The number of ether oxygens (including phenoxy) is 1. The van der Waals surface area contributed by atoms with Crippen molar-refractivity contribution in [3.8, 4) is 0 Å². The van der Waals surface area contributed by atoms with Gasteiger partial charge in [0, 0.05) is 12.1 Å². The minimum absolute atomic E-state index is 0.0643. The molecule has 0 aromatic carbocycles. The number of nitrogen functional groups attached to an aromatic ring is 2. The smallest absolute Gasteiger partial charge is 0.325 e. The summed E-state index contributed by atoms with van der Waals surface area (Å²) in [5.74, 6) is -0.886. The van der Waals surface area contributed by atoms with Gasteiger partial charge in [0.15, 0.2) is 29.5 Å². The van der Waals surface area contributed by atoms with Crippen LogP contribution in [0.3, 0.4) is 0 Å². The maximum Gasteiger partial charge on any atom is 0.325 e. The highest BCUT2D eigenvalue weighted by molar-refractivity contribution is 8.07. The fourth-order valence-corrected chi connectivity index (χ4v) is 8.35. The van der Waals surface area contributed by atoms with E-state index < -0.39 is 76.2 Å². The van der Waals surface area contributed by atoms with Crippen molar-refractivity contribution in [2.75, 3.05) is 24.7 Å². The maximum atomic E-state index is 16.0. The second kappa shape index (κ2) is 11.1. The Kier molecular flexibility index (Phi) is 7.60. The zero-order valence-electron chi connectivity index (χ0n) is 23.0. The van der Waals surface area contributed by atoms with Crippen LogP contribution in [0.25, 0.3) is 22.3 Å². The number of nitrogens with zero attached hydrogens (tertiary/aromatic N) is 7. The third kappa shape index (κ3) is 5.28. The zero-order valence-corrected chi connectivity index (χ0v) is 25.6. The van der Waals surface area contributed by atoms with Crippen molar-refractivity contribution in [1.82, 2.24) is 34.1 Å².